The molecule has 1 atom stereocenters. The molecule has 0 aromatic carbocycles. The average Bonchev–Trinajstić information content (AvgIpc) is 2.83. The zero-order chi connectivity index (χ0) is 9.84. The van der Waals surface area contributed by atoms with Gasteiger partial charge in [-0.05, 0) is 36.9 Å². The Hall–Kier alpha value is -0.310. The number of thiocarbonyl (C=S) groups is 1. The second kappa shape index (κ2) is 4.80. The van der Waals surface area contributed by atoms with Crippen molar-refractivity contribution in [3.8, 4) is 0 Å². The SMILES string of the molecule is CC(C)C(C)CNC(=S)NC1CC1. The van der Waals surface area contributed by atoms with Crippen molar-refractivity contribution in [2.24, 2.45) is 11.8 Å². The first-order chi connectivity index (χ1) is 6.09. The third kappa shape index (κ3) is 4.46. The molecule has 0 aromatic heterocycles. The summed E-state index contributed by atoms with van der Waals surface area (Å²) >= 11 is 5.15. The molecule has 1 aliphatic rings. The van der Waals surface area contributed by atoms with Crippen molar-refractivity contribution in [3.05, 3.63) is 0 Å². The highest BCUT2D eigenvalue weighted by molar-refractivity contribution is 7.80. The van der Waals surface area contributed by atoms with Crippen LogP contribution in [-0.4, -0.2) is 17.7 Å². The first-order valence-corrected chi connectivity index (χ1v) is 5.54. The molecule has 2 N–H and O–H groups in total. The number of hydrogen-bond acceptors (Lipinski definition) is 1. The van der Waals surface area contributed by atoms with E-state index in [4.69, 9.17) is 12.2 Å². The summed E-state index contributed by atoms with van der Waals surface area (Å²) in [6.45, 7) is 7.71. The van der Waals surface area contributed by atoms with Crippen LogP contribution < -0.4 is 10.6 Å². The molecule has 13 heavy (non-hydrogen) atoms. The number of hydrogen-bond donors (Lipinski definition) is 2. The smallest absolute Gasteiger partial charge is 0.166 e. The number of nitrogens with one attached hydrogen (secondary N) is 2. The summed E-state index contributed by atoms with van der Waals surface area (Å²) in [4.78, 5) is 0. The minimum absolute atomic E-state index is 0.661. The lowest BCUT2D eigenvalue weighted by Crippen LogP contribution is -2.39. The van der Waals surface area contributed by atoms with Crippen molar-refractivity contribution in [2.45, 2.75) is 39.7 Å². The van der Waals surface area contributed by atoms with E-state index in [0.717, 1.165) is 17.6 Å². The van der Waals surface area contributed by atoms with Crippen molar-refractivity contribution in [1.29, 1.82) is 0 Å². The lowest BCUT2D eigenvalue weighted by atomic mass is 9.98. The molecular weight excluding hydrogens is 180 g/mol. The normalized spacial score (nSPS) is 18.5. The van der Waals surface area contributed by atoms with E-state index in [9.17, 15) is 0 Å². The molecule has 1 aliphatic carbocycles. The molecule has 0 spiro atoms. The molecule has 0 heterocycles. The van der Waals surface area contributed by atoms with Gasteiger partial charge in [-0.2, -0.15) is 0 Å². The van der Waals surface area contributed by atoms with Gasteiger partial charge in [0.2, 0.25) is 0 Å². The van der Waals surface area contributed by atoms with Gasteiger partial charge in [0.25, 0.3) is 0 Å². The van der Waals surface area contributed by atoms with Crippen molar-refractivity contribution in [2.75, 3.05) is 6.54 Å². The van der Waals surface area contributed by atoms with Gasteiger partial charge < -0.3 is 10.6 Å². The van der Waals surface area contributed by atoms with E-state index in [-0.39, 0.29) is 0 Å². The summed E-state index contributed by atoms with van der Waals surface area (Å²) in [5.41, 5.74) is 0. The Kier molecular flexibility index (Phi) is 3.97. The second-order valence-corrected chi connectivity index (χ2v) is 4.76. The first kappa shape index (κ1) is 10.8. The monoisotopic (exact) mass is 200 g/mol. The van der Waals surface area contributed by atoms with Crippen LogP contribution >= 0.6 is 12.2 Å². The van der Waals surface area contributed by atoms with Crippen LogP contribution in [-0.2, 0) is 0 Å². The summed E-state index contributed by atoms with van der Waals surface area (Å²) in [7, 11) is 0. The van der Waals surface area contributed by atoms with Crippen LogP contribution in [0, 0.1) is 11.8 Å². The standard InChI is InChI=1S/C10H20N2S/c1-7(2)8(3)6-11-10(13)12-9-4-5-9/h7-9H,4-6H2,1-3H3,(H2,11,12,13). The van der Waals surface area contributed by atoms with Gasteiger partial charge in [0, 0.05) is 12.6 Å². The number of rotatable bonds is 4. The van der Waals surface area contributed by atoms with E-state index in [0.29, 0.717) is 12.0 Å². The maximum atomic E-state index is 5.15. The molecule has 0 amide bonds. The molecule has 3 heteroatoms. The zero-order valence-corrected chi connectivity index (χ0v) is 9.58. The fourth-order valence-corrected chi connectivity index (χ4v) is 1.20. The molecule has 2 nitrogen and oxygen atoms in total. The Morgan fingerprint density at radius 3 is 2.46 bits per heavy atom. The van der Waals surface area contributed by atoms with Gasteiger partial charge in [0.05, 0.1) is 0 Å². The fourth-order valence-electron chi connectivity index (χ4n) is 0.953. The molecule has 1 fully saturated rings. The summed E-state index contributed by atoms with van der Waals surface area (Å²) in [5.74, 6) is 1.40. The largest absolute Gasteiger partial charge is 0.362 e. The molecular formula is C10H20N2S. The Labute approximate surface area is 86.5 Å². The zero-order valence-electron chi connectivity index (χ0n) is 8.76. The lowest BCUT2D eigenvalue weighted by Gasteiger charge is -2.17. The molecule has 0 aromatic rings. The third-order valence-electron chi connectivity index (χ3n) is 2.64. The van der Waals surface area contributed by atoms with Crippen molar-refractivity contribution >= 4 is 17.3 Å². The molecule has 1 unspecified atom stereocenters. The Bertz CT molecular complexity index is 176. The maximum Gasteiger partial charge on any atom is 0.166 e. The summed E-state index contributed by atoms with van der Waals surface area (Å²) in [5, 5.41) is 7.35. The van der Waals surface area contributed by atoms with E-state index in [1.165, 1.54) is 12.8 Å². The van der Waals surface area contributed by atoms with E-state index in [1.54, 1.807) is 0 Å². The minimum Gasteiger partial charge on any atom is -0.362 e. The molecule has 0 aliphatic heterocycles. The Morgan fingerprint density at radius 2 is 2.00 bits per heavy atom. The van der Waals surface area contributed by atoms with Gasteiger partial charge in [-0.25, -0.2) is 0 Å². The highest BCUT2D eigenvalue weighted by Gasteiger charge is 2.21. The Balaban J connectivity index is 2.06. The summed E-state index contributed by atoms with van der Waals surface area (Å²) < 4.78 is 0. The van der Waals surface area contributed by atoms with E-state index >= 15 is 0 Å². The quantitative estimate of drug-likeness (QED) is 0.678. The first-order valence-electron chi connectivity index (χ1n) is 5.14. The van der Waals surface area contributed by atoms with Crippen LogP contribution in [0.1, 0.15) is 33.6 Å². The summed E-state index contributed by atoms with van der Waals surface area (Å²) in [6.07, 6.45) is 2.56. The van der Waals surface area contributed by atoms with Gasteiger partial charge in [-0.15, -0.1) is 0 Å². The highest BCUT2D eigenvalue weighted by atomic mass is 32.1. The second-order valence-electron chi connectivity index (χ2n) is 4.35. The van der Waals surface area contributed by atoms with E-state index in [1.807, 2.05) is 0 Å². The van der Waals surface area contributed by atoms with Crippen molar-refractivity contribution in [1.82, 2.24) is 10.6 Å². The van der Waals surface area contributed by atoms with E-state index in [2.05, 4.69) is 31.4 Å². The minimum atomic E-state index is 0.661. The average molecular weight is 200 g/mol. The predicted molar refractivity (Wildman–Crippen MR) is 60.8 cm³/mol. The molecule has 0 radical (unpaired) electrons. The van der Waals surface area contributed by atoms with Crippen LogP contribution in [0.4, 0.5) is 0 Å². The predicted octanol–water partition coefficient (Wildman–Crippen LogP) is 1.90. The van der Waals surface area contributed by atoms with Gasteiger partial charge in [-0.3, -0.25) is 0 Å². The van der Waals surface area contributed by atoms with Crippen LogP contribution in [0.15, 0.2) is 0 Å². The van der Waals surface area contributed by atoms with Crippen LogP contribution in [0.25, 0.3) is 0 Å². The fraction of sp³-hybridized carbons (Fsp3) is 0.900. The third-order valence-corrected chi connectivity index (χ3v) is 2.90. The highest BCUT2D eigenvalue weighted by Crippen LogP contribution is 2.18. The van der Waals surface area contributed by atoms with Crippen molar-refractivity contribution in [3.63, 3.8) is 0 Å². The molecule has 76 valence electrons. The van der Waals surface area contributed by atoms with E-state index < -0.39 is 0 Å². The van der Waals surface area contributed by atoms with Gasteiger partial charge >= 0.3 is 0 Å². The molecule has 0 bridgehead atoms. The van der Waals surface area contributed by atoms with Crippen molar-refractivity contribution < 1.29 is 0 Å². The van der Waals surface area contributed by atoms with Crippen LogP contribution in [0.2, 0.25) is 0 Å². The lowest BCUT2D eigenvalue weighted by molar-refractivity contribution is 0.414. The molecule has 1 rings (SSSR count). The van der Waals surface area contributed by atoms with Gasteiger partial charge in [0.15, 0.2) is 5.11 Å². The van der Waals surface area contributed by atoms with Gasteiger partial charge in [-0.1, -0.05) is 20.8 Å². The summed E-state index contributed by atoms with van der Waals surface area (Å²) in [6, 6.07) is 0.661. The maximum absolute atomic E-state index is 5.15. The van der Waals surface area contributed by atoms with Gasteiger partial charge in [0.1, 0.15) is 0 Å². The molecule has 0 saturated heterocycles. The van der Waals surface area contributed by atoms with Crippen LogP contribution in [0.5, 0.6) is 0 Å². The Morgan fingerprint density at radius 1 is 1.38 bits per heavy atom. The van der Waals surface area contributed by atoms with Crippen LogP contribution in [0.3, 0.4) is 0 Å². The molecule has 1 saturated carbocycles. The topological polar surface area (TPSA) is 24.1 Å².